The average molecular weight is 148 g/mol. The molecule has 2 nitrogen and oxygen atoms in total. The van der Waals surface area contributed by atoms with E-state index in [4.69, 9.17) is 5.11 Å². The number of rotatable bonds is 1. The van der Waals surface area contributed by atoms with E-state index in [9.17, 15) is 17.8 Å². The zero-order valence-electron chi connectivity index (χ0n) is 4.98. The average Bonchev–Trinajstić information content (AvgIpc) is 1.69. The molecule has 7 heteroatoms. The van der Waals surface area contributed by atoms with E-state index in [1.165, 1.54) is 0 Å². The van der Waals surface area contributed by atoms with Crippen LogP contribution in [0.25, 0.3) is 0 Å². The zero-order chi connectivity index (χ0) is 8.08. The first-order valence-corrected chi connectivity index (χ1v) is 1.98. The van der Waals surface area contributed by atoms with Crippen molar-refractivity contribution in [3.8, 4) is 0 Å². The quantitative estimate of drug-likeness (QED) is 0.245. The van der Waals surface area contributed by atoms with Crippen LogP contribution in [0.5, 0.6) is 0 Å². The van der Waals surface area contributed by atoms with Gasteiger partial charge in [0.2, 0.25) is 0 Å². The molecule has 0 aromatic heterocycles. The van der Waals surface area contributed by atoms with Crippen LogP contribution in [0.15, 0.2) is 0 Å². The van der Waals surface area contributed by atoms with Crippen LogP contribution < -0.4 is 0 Å². The van der Waals surface area contributed by atoms with Gasteiger partial charge in [-0.25, -0.2) is 0 Å². The lowest BCUT2D eigenvalue weighted by Crippen LogP contribution is -2.29. The molecule has 0 fully saturated rings. The van der Waals surface area contributed by atoms with Crippen molar-refractivity contribution in [1.82, 2.24) is 0 Å². The third kappa shape index (κ3) is 7.70. The van der Waals surface area contributed by atoms with Crippen LogP contribution in [-0.2, 0) is 0 Å². The van der Waals surface area contributed by atoms with Gasteiger partial charge in [-0.1, -0.05) is 0 Å². The van der Waals surface area contributed by atoms with Gasteiger partial charge in [0, 0.05) is 6.92 Å². The minimum Gasteiger partial charge on any atom is -0.347 e. The molecule has 0 spiro atoms. The maximum Gasteiger partial charge on any atom is 0.314 e. The van der Waals surface area contributed by atoms with Crippen LogP contribution in [0, 0.1) is 0 Å². The highest BCUT2D eigenvalue weighted by Gasteiger charge is 2.38. The van der Waals surface area contributed by atoms with E-state index in [1.807, 2.05) is 0 Å². The van der Waals surface area contributed by atoms with Gasteiger partial charge in [-0.05, 0) is 0 Å². The summed E-state index contributed by atoms with van der Waals surface area (Å²) >= 11 is 0. The molecule has 0 aromatic rings. The van der Waals surface area contributed by atoms with Crippen LogP contribution >= 0.6 is 0 Å². The highest BCUT2D eigenvalue weighted by molar-refractivity contribution is 5.96. The van der Waals surface area contributed by atoms with Crippen molar-refractivity contribution < 1.29 is 28.0 Å². The second-order valence-electron chi connectivity index (χ2n) is 1.12. The number of hydrogen-bond acceptors (Lipinski definition) is 1. The molecule has 0 saturated heterocycles. The Hall–Kier alpha value is -0.295. The lowest BCUT2D eigenvalue weighted by Gasteiger charge is -1.99. The van der Waals surface area contributed by atoms with E-state index >= 15 is 0 Å². The molecule has 0 amide bonds. The molecule has 0 aromatic carbocycles. The molecule has 0 aliphatic rings. The van der Waals surface area contributed by atoms with E-state index in [2.05, 4.69) is 0 Å². The predicted octanol–water partition coefficient (Wildman–Crippen LogP) is 0.299. The van der Waals surface area contributed by atoms with Crippen molar-refractivity contribution in [3.05, 3.63) is 0 Å². The molecule has 56 valence electrons. The summed E-state index contributed by atoms with van der Waals surface area (Å²) in [6, 6.07) is 0. The van der Waals surface area contributed by atoms with Crippen LogP contribution in [-0.4, -0.2) is 24.6 Å². The van der Waals surface area contributed by atoms with E-state index in [-0.39, 0.29) is 0 Å². The summed E-state index contributed by atoms with van der Waals surface area (Å²) in [7, 11) is 0.500. The fourth-order valence-corrected chi connectivity index (χ4v) is 0. The number of nitrogens with zero attached hydrogens (tertiary/aromatic N) is 1. The first-order chi connectivity index (χ1) is 3.94. The second-order valence-corrected chi connectivity index (χ2v) is 1.12. The molecule has 1 unspecified atom stereocenters. The van der Waals surface area contributed by atoms with E-state index in [0.29, 0.717) is 15.0 Å². The summed E-state index contributed by atoms with van der Waals surface area (Å²) in [5.41, 5.74) is 0. The third-order valence-corrected chi connectivity index (χ3v) is 0.424. The molecule has 0 saturated carbocycles. The van der Waals surface area contributed by atoms with Gasteiger partial charge in [0.1, 0.15) is 0 Å². The Kier molecular flexibility index (Phi) is 5.84. The van der Waals surface area contributed by atoms with Gasteiger partial charge in [0.05, 0.1) is 13.4 Å². The van der Waals surface area contributed by atoms with E-state index in [1.54, 1.807) is 0 Å². The van der Waals surface area contributed by atoms with Crippen molar-refractivity contribution >= 4 is 8.12 Å². The first kappa shape index (κ1) is 11.5. The molecule has 0 heterocycles. The third-order valence-electron chi connectivity index (χ3n) is 0.424. The number of aliphatic hydroxyl groups is 1. The monoisotopic (exact) mass is 148 g/mol. The SMILES string of the molecule is BF.CC(O)[N+](F)(F)F. The highest BCUT2D eigenvalue weighted by atomic mass is 19.6. The van der Waals surface area contributed by atoms with Gasteiger partial charge in [0.15, 0.2) is 0 Å². The van der Waals surface area contributed by atoms with Crippen molar-refractivity contribution in [2.24, 2.45) is 0 Å². The first-order valence-electron chi connectivity index (χ1n) is 1.98. The minimum absolute atomic E-state index is 0.500. The fourth-order valence-electron chi connectivity index (χ4n) is 0. The maximum absolute atomic E-state index is 10.9. The predicted molar refractivity (Wildman–Crippen MR) is 24.9 cm³/mol. The summed E-state index contributed by atoms with van der Waals surface area (Å²) in [6.07, 6.45) is -2.26. The van der Waals surface area contributed by atoms with Crippen molar-refractivity contribution in [1.29, 1.82) is 0 Å². The molecule has 9 heavy (non-hydrogen) atoms. The molecule has 0 radical (unpaired) electrons. The summed E-state index contributed by atoms with van der Waals surface area (Å²) in [5, 5.41) is 3.85. The van der Waals surface area contributed by atoms with Gasteiger partial charge in [-0.3, -0.25) is 0 Å². The van der Waals surface area contributed by atoms with Crippen molar-refractivity contribution in [2.75, 3.05) is 0 Å². The van der Waals surface area contributed by atoms with E-state index < -0.39 is 11.4 Å². The number of aliphatic hydroxyl groups excluding tert-OH is 1. The van der Waals surface area contributed by atoms with Gasteiger partial charge in [-0.15, -0.1) is 0 Å². The smallest absolute Gasteiger partial charge is 0.314 e. The molecule has 0 rings (SSSR count). The van der Waals surface area contributed by atoms with Crippen molar-refractivity contribution in [2.45, 2.75) is 13.2 Å². The molecule has 0 bridgehead atoms. The number of hydrogen-bond donors (Lipinski definition) is 1. The molecule has 0 aliphatic carbocycles. The largest absolute Gasteiger partial charge is 0.347 e. The molecule has 1 atom stereocenters. The maximum atomic E-state index is 10.9. The second kappa shape index (κ2) is 4.57. The Morgan fingerprint density at radius 1 is 1.33 bits per heavy atom. The molecular weight excluding hydrogens is 141 g/mol. The Morgan fingerprint density at radius 2 is 1.44 bits per heavy atom. The standard InChI is InChI=1S/C2H5F3NO.BFH2/c1-2(7)6(3,4)5;1-2/h2,7H,1H3;1H2/q+1;. The Bertz CT molecular complexity index is 64.1. The Morgan fingerprint density at radius 3 is 1.44 bits per heavy atom. The highest BCUT2D eigenvalue weighted by Crippen LogP contribution is 2.13. The van der Waals surface area contributed by atoms with Gasteiger partial charge in [-0.2, -0.15) is 0 Å². The topological polar surface area (TPSA) is 20.2 Å². The molecule has 1 N–H and O–H groups in total. The Labute approximate surface area is 50.5 Å². The number of halogens is 4. The van der Waals surface area contributed by atoms with Crippen LogP contribution in [0.4, 0.5) is 17.8 Å². The molecule has 0 aliphatic heterocycles. The van der Waals surface area contributed by atoms with Crippen molar-refractivity contribution in [3.63, 3.8) is 0 Å². The minimum atomic E-state index is -3.89. The van der Waals surface area contributed by atoms with Crippen LogP contribution in [0.2, 0.25) is 0 Å². The normalized spacial score (nSPS) is 13.6. The lowest BCUT2D eigenvalue weighted by molar-refractivity contribution is -1.29. The van der Waals surface area contributed by atoms with Crippen LogP contribution in [0.1, 0.15) is 6.92 Å². The summed E-state index contributed by atoms with van der Waals surface area (Å²) < 4.78 is 42.1. The van der Waals surface area contributed by atoms with Crippen LogP contribution in [0.3, 0.4) is 0 Å². The zero-order valence-corrected chi connectivity index (χ0v) is 4.98. The van der Waals surface area contributed by atoms with E-state index in [0.717, 1.165) is 0 Å². The van der Waals surface area contributed by atoms with Gasteiger partial charge in [0.25, 0.3) is 5.15 Å². The summed E-state index contributed by atoms with van der Waals surface area (Å²) in [6.45, 7) is 0.653. The summed E-state index contributed by atoms with van der Waals surface area (Å²) in [4.78, 5) is 0. The lowest BCUT2D eigenvalue weighted by atomic mass is 10.7. The molecular formula is C2H7BF4NO+. The fraction of sp³-hybridized carbons (Fsp3) is 1.00. The Balaban J connectivity index is 0. The van der Waals surface area contributed by atoms with Gasteiger partial charge >= 0.3 is 14.4 Å². The summed E-state index contributed by atoms with van der Waals surface area (Å²) in [5.74, 6) is 0. The number of quaternary nitrogens is 1. The van der Waals surface area contributed by atoms with Gasteiger partial charge < -0.3 is 9.42 Å².